The van der Waals surface area contributed by atoms with E-state index in [4.69, 9.17) is 4.74 Å². The van der Waals surface area contributed by atoms with Crippen molar-refractivity contribution in [1.82, 2.24) is 4.98 Å². The minimum Gasteiger partial charge on any atom is -0.494 e. The van der Waals surface area contributed by atoms with Crippen LogP contribution in [0.15, 0.2) is 42.7 Å². The van der Waals surface area contributed by atoms with E-state index in [1.165, 1.54) is 17.5 Å². The van der Waals surface area contributed by atoms with Crippen molar-refractivity contribution in [3.05, 3.63) is 48.3 Å². The monoisotopic (exact) mass is 339 g/mol. The maximum atomic E-state index is 6.02. The number of hydrogen-bond acceptors (Lipinski definition) is 2. The van der Waals surface area contributed by atoms with Crippen LogP contribution in [0, 0.1) is 11.3 Å². The average Bonchev–Trinajstić information content (AvgIpc) is 2.58. The van der Waals surface area contributed by atoms with Gasteiger partial charge in [-0.15, -0.1) is 0 Å². The molecule has 1 heterocycles. The Morgan fingerprint density at radius 1 is 1.08 bits per heavy atom. The van der Waals surface area contributed by atoms with Gasteiger partial charge in [-0.25, -0.2) is 0 Å². The van der Waals surface area contributed by atoms with Crippen LogP contribution in [0.25, 0.3) is 11.1 Å². The minimum atomic E-state index is 0.205. The highest BCUT2D eigenvalue weighted by Crippen LogP contribution is 2.40. The molecule has 1 atom stereocenters. The Kier molecular flexibility index (Phi) is 6.64. The number of rotatable bonds is 7. The fraction of sp³-hybridized carbons (Fsp3) is 0.522. The molecule has 0 aliphatic heterocycles. The van der Waals surface area contributed by atoms with Gasteiger partial charge in [0, 0.05) is 18.0 Å². The van der Waals surface area contributed by atoms with E-state index in [-0.39, 0.29) is 5.41 Å². The predicted molar refractivity (Wildman–Crippen MR) is 107 cm³/mol. The van der Waals surface area contributed by atoms with Gasteiger partial charge in [-0.1, -0.05) is 53.7 Å². The summed E-state index contributed by atoms with van der Waals surface area (Å²) in [5.74, 6) is 2.12. The molecule has 1 unspecified atom stereocenters. The van der Waals surface area contributed by atoms with Gasteiger partial charge in [0.1, 0.15) is 5.75 Å². The Balaban J connectivity index is 2.29. The molecule has 0 saturated heterocycles. The highest BCUT2D eigenvalue weighted by Gasteiger charge is 2.24. The first-order valence-corrected chi connectivity index (χ1v) is 9.46. The van der Waals surface area contributed by atoms with Crippen molar-refractivity contribution in [2.75, 3.05) is 6.61 Å². The summed E-state index contributed by atoms with van der Waals surface area (Å²) >= 11 is 0. The number of pyridine rings is 1. The van der Waals surface area contributed by atoms with E-state index in [0.29, 0.717) is 5.92 Å². The van der Waals surface area contributed by atoms with Gasteiger partial charge in [0.2, 0.25) is 0 Å². The van der Waals surface area contributed by atoms with Gasteiger partial charge >= 0.3 is 0 Å². The van der Waals surface area contributed by atoms with Crippen molar-refractivity contribution in [3.63, 3.8) is 0 Å². The molecular formula is C23H33NO. The third-order valence-electron chi connectivity index (χ3n) is 4.96. The summed E-state index contributed by atoms with van der Waals surface area (Å²) in [5, 5.41) is 0. The number of aromatic nitrogens is 1. The van der Waals surface area contributed by atoms with E-state index < -0.39 is 0 Å². The maximum absolute atomic E-state index is 6.02. The summed E-state index contributed by atoms with van der Waals surface area (Å²) < 4.78 is 6.02. The van der Waals surface area contributed by atoms with Gasteiger partial charge < -0.3 is 4.74 Å². The normalized spacial score (nSPS) is 13.1. The molecule has 0 fully saturated rings. The van der Waals surface area contributed by atoms with Crippen molar-refractivity contribution < 1.29 is 4.74 Å². The molecule has 1 aromatic heterocycles. The van der Waals surface area contributed by atoms with Crippen LogP contribution in [0.5, 0.6) is 5.75 Å². The standard InChI is InChI=1S/C23H33NO/c1-17(2)9-8-14-25-20-11-12-21(18(3)23(4,5)6)22(15-20)19-10-7-13-24-16-19/h7,10-13,15-18H,8-9,14H2,1-6H3. The van der Waals surface area contributed by atoms with Gasteiger partial charge in [0.25, 0.3) is 0 Å². The molecule has 0 radical (unpaired) electrons. The summed E-state index contributed by atoms with van der Waals surface area (Å²) in [6.07, 6.45) is 6.06. The van der Waals surface area contributed by atoms with E-state index in [0.717, 1.165) is 30.3 Å². The highest BCUT2D eigenvalue weighted by atomic mass is 16.5. The number of ether oxygens (including phenoxy) is 1. The number of nitrogens with zero attached hydrogens (tertiary/aromatic N) is 1. The lowest BCUT2D eigenvalue weighted by molar-refractivity contribution is 0.297. The lowest BCUT2D eigenvalue weighted by Gasteiger charge is -2.29. The van der Waals surface area contributed by atoms with Crippen LogP contribution in [0.3, 0.4) is 0 Å². The first kappa shape index (κ1) is 19.5. The second-order valence-corrected chi connectivity index (χ2v) is 8.46. The molecule has 0 bridgehead atoms. The van der Waals surface area contributed by atoms with E-state index >= 15 is 0 Å². The summed E-state index contributed by atoms with van der Waals surface area (Å²) in [6, 6.07) is 10.7. The van der Waals surface area contributed by atoms with Crippen LogP contribution in [0.2, 0.25) is 0 Å². The molecule has 1 aromatic carbocycles. The zero-order chi connectivity index (χ0) is 18.4. The quantitative estimate of drug-likeness (QED) is 0.523. The molecule has 0 aliphatic rings. The predicted octanol–water partition coefficient (Wildman–Crippen LogP) is 6.71. The molecule has 0 aliphatic carbocycles. The Hall–Kier alpha value is -1.83. The van der Waals surface area contributed by atoms with Crippen LogP contribution in [0.1, 0.15) is 65.9 Å². The van der Waals surface area contributed by atoms with Crippen molar-refractivity contribution in [2.45, 2.75) is 60.3 Å². The summed E-state index contributed by atoms with van der Waals surface area (Å²) in [6.45, 7) is 14.5. The van der Waals surface area contributed by atoms with Crippen molar-refractivity contribution in [3.8, 4) is 16.9 Å². The Bertz CT molecular complexity index is 656. The minimum absolute atomic E-state index is 0.205. The van der Waals surface area contributed by atoms with Gasteiger partial charge in [0.15, 0.2) is 0 Å². The lowest BCUT2D eigenvalue weighted by Crippen LogP contribution is -2.16. The van der Waals surface area contributed by atoms with Gasteiger partial charge in [-0.2, -0.15) is 0 Å². The molecular weight excluding hydrogens is 306 g/mol. The third-order valence-corrected chi connectivity index (χ3v) is 4.96. The van der Waals surface area contributed by atoms with Crippen molar-refractivity contribution >= 4 is 0 Å². The summed E-state index contributed by atoms with van der Waals surface area (Å²) in [4.78, 5) is 4.31. The Labute approximate surface area is 153 Å². The maximum Gasteiger partial charge on any atom is 0.119 e. The van der Waals surface area contributed by atoms with Crippen LogP contribution in [0.4, 0.5) is 0 Å². The molecule has 0 saturated carbocycles. The van der Waals surface area contributed by atoms with Crippen LogP contribution in [-0.4, -0.2) is 11.6 Å². The molecule has 2 heteroatoms. The molecule has 2 nitrogen and oxygen atoms in total. The fourth-order valence-electron chi connectivity index (χ4n) is 2.92. The second kappa shape index (κ2) is 8.51. The van der Waals surface area contributed by atoms with E-state index in [2.05, 4.69) is 70.8 Å². The first-order valence-electron chi connectivity index (χ1n) is 9.46. The average molecular weight is 340 g/mol. The fourth-order valence-corrected chi connectivity index (χ4v) is 2.92. The Morgan fingerprint density at radius 3 is 2.44 bits per heavy atom. The van der Waals surface area contributed by atoms with Crippen molar-refractivity contribution in [2.24, 2.45) is 11.3 Å². The molecule has 2 rings (SSSR count). The highest BCUT2D eigenvalue weighted by molar-refractivity contribution is 5.69. The van der Waals surface area contributed by atoms with Crippen LogP contribution < -0.4 is 4.74 Å². The smallest absolute Gasteiger partial charge is 0.119 e. The Morgan fingerprint density at radius 2 is 1.84 bits per heavy atom. The van der Waals surface area contributed by atoms with E-state index in [1.54, 1.807) is 0 Å². The van der Waals surface area contributed by atoms with E-state index in [1.807, 2.05) is 18.5 Å². The largest absolute Gasteiger partial charge is 0.494 e. The van der Waals surface area contributed by atoms with E-state index in [9.17, 15) is 0 Å². The molecule has 0 amide bonds. The third kappa shape index (κ3) is 5.59. The van der Waals surface area contributed by atoms with Crippen LogP contribution in [-0.2, 0) is 0 Å². The van der Waals surface area contributed by atoms with Crippen LogP contribution >= 0.6 is 0 Å². The van der Waals surface area contributed by atoms with Crippen molar-refractivity contribution in [1.29, 1.82) is 0 Å². The molecule has 0 N–H and O–H groups in total. The summed E-state index contributed by atoms with van der Waals surface area (Å²) in [7, 11) is 0. The van der Waals surface area contributed by atoms with Gasteiger partial charge in [-0.3, -0.25) is 4.98 Å². The second-order valence-electron chi connectivity index (χ2n) is 8.46. The zero-order valence-corrected chi connectivity index (χ0v) is 16.7. The molecule has 25 heavy (non-hydrogen) atoms. The van der Waals surface area contributed by atoms with Gasteiger partial charge in [-0.05, 0) is 59.4 Å². The lowest BCUT2D eigenvalue weighted by atomic mass is 9.75. The molecule has 2 aromatic rings. The first-order chi connectivity index (χ1) is 11.8. The topological polar surface area (TPSA) is 22.1 Å². The SMILES string of the molecule is CC(C)CCCOc1ccc(C(C)C(C)(C)C)c(-c2cccnc2)c1. The molecule has 0 spiro atoms. The van der Waals surface area contributed by atoms with Gasteiger partial charge in [0.05, 0.1) is 6.61 Å². The zero-order valence-electron chi connectivity index (χ0n) is 16.7. The molecule has 136 valence electrons. The number of benzene rings is 1. The number of hydrogen-bond donors (Lipinski definition) is 0. The summed E-state index contributed by atoms with van der Waals surface area (Å²) in [5.41, 5.74) is 3.95.